The molecule has 0 aliphatic heterocycles. The van der Waals surface area contributed by atoms with E-state index in [4.69, 9.17) is 27.9 Å². The standard InChI is InChI=1S/C16H12Cl2F6O2/c1-15(2)7(3-10(17)16(22,23)24)11(15)14(25)26-5-6-12(18)8(19)4-9(20)13(6)21/h3-4,7,11H,5H2,1-2H3/b10-3-/t7-,11-/m1/s1. The van der Waals surface area contributed by atoms with Gasteiger partial charge in [-0.1, -0.05) is 43.1 Å². The van der Waals surface area contributed by atoms with Gasteiger partial charge in [0.1, 0.15) is 17.5 Å². The maximum Gasteiger partial charge on any atom is 0.426 e. The predicted octanol–water partition coefficient (Wildman–Crippen LogP) is 5.76. The first-order chi connectivity index (χ1) is 11.8. The van der Waals surface area contributed by atoms with E-state index in [2.05, 4.69) is 0 Å². The van der Waals surface area contributed by atoms with E-state index in [9.17, 15) is 31.1 Å². The summed E-state index contributed by atoms with van der Waals surface area (Å²) in [5.41, 5.74) is -1.57. The lowest BCUT2D eigenvalue weighted by molar-refractivity contribution is -0.147. The van der Waals surface area contributed by atoms with Gasteiger partial charge in [-0.15, -0.1) is 0 Å². The second-order valence-corrected chi connectivity index (χ2v) is 7.18. The van der Waals surface area contributed by atoms with Crippen molar-refractivity contribution >= 4 is 29.2 Å². The second-order valence-electron chi connectivity index (χ2n) is 6.39. The fourth-order valence-electron chi connectivity index (χ4n) is 2.67. The summed E-state index contributed by atoms with van der Waals surface area (Å²) in [4.78, 5) is 12.1. The summed E-state index contributed by atoms with van der Waals surface area (Å²) in [6, 6.07) is 0.243. The molecule has 2 nitrogen and oxygen atoms in total. The average Bonchev–Trinajstić information content (AvgIpc) is 3.04. The lowest BCUT2D eigenvalue weighted by Crippen LogP contribution is -2.12. The van der Waals surface area contributed by atoms with Gasteiger partial charge in [0.15, 0.2) is 11.6 Å². The van der Waals surface area contributed by atoms with Gasteiger partial charge in [0.05, 0.1) is 10.9 Å². The third-order valence-electron chi connectivity index (χ3n) is 4.32. The van der Waals surface area contributed by atoms with Crippen LogP contribution >= 0.6 is 23.2 Å². The molecule has 2 rings (SSSR count). The Morgan fingerprint density at radius 3 is 2.38 bits per heavy atom. The first-order valence-corrected chi connectivity index (χ1v) is 7.97. The molecule has 0 saturated heterocycles. The average molecular weight is 421 g/mol. The zero-order valence-corrected chi connectivity index (χ0v) is 14.9. The number of rotatable bonds is 4. The highest BCUT2D eigenvalue weighted by atomic mass is 35.5. The van der Waals surface area contributed by atoms with Gasteiger partial charge in [-0.3, -0.25) is 4.79 Å². The number of hydrogen-bond donors (Lipinski definition) is 0. The number of carbonyl (C=O) groups excluding carboxylic acids is 1. The molecule has 0 amide bonds. The monoisotopic (exact) mass is 420 g/mol. The molecule has 0 aromatic heterocycles. The van der Waals surface area contributed by atoms with Crippen molar-refractivity contribution in [3.63, 3.8) is 0 Å². The van der Waals surface area contributed by atoms with Crippen molar-refractivity contribution in [2.75, 3.05) is 0 Å². The van der Waals surface area contributed by atoms with E-state index < -0.39 is 69.1 Å². The Balaban J connectivity index is 2.13. The van der Waals surface area contributed by atoms with E-state index >= 15 is 0 Å². The molecule has 1 fully saturated rings. The van der Waals surface area contributed by atoms with E-state index in [-0.39, 0.29) is 6.07 Å². The molecular weight excluding hydrogens is 409 g/mol. The Kier molecular flexibility index (Phi) is 5.59. The van der Waals surface area contributed by atoms with Crippen LogP contribution in [0, 0.1) is 34.7 Å². The van der Waals surface area contributed by atoms with E-state index in [1.165, 1.54) is 13.8 Å². The molecule has 1 aromatic rings. The van der Waals surface area contributed by atoms with Gasteiger partial charge in [0.25, 0.3) is 0 Å². The number of allylic oxidation sites excluding steroid dienone is 2. The fourth-order valence-corrected chi connectivity index (χ4v) is 3.00. The molecule has 1 aliphatic carbocycles. The van der Waals surface area contributed by atoms with Crippen molar-refractivity contribution in [1.29, 1.82) is 0 Å². The molecular formula is C16H12Cl2F6O2. The molecule has 144 valence electrons. The highest BCUT2D eigenvalue weighted by Gasteiger charge is 2.62. The Hall–Kier alpha value is -1.41. The first kappa shape index (κ1) is 20.9. The molecule has 0 N–H and O–H groups in total. The van der Waals surface area contributed by atoms with Crippen LogP contribution in [0.3, 0.4) is 0 Å². The summed E-state index contributed by atoms with van der Waals surface area (Å²) in [6.07, 6.45) is -4.03. The third-order valence-corrected chi connectivity index (χ3v) is 5.07. The van der Waals surface area contributed by atoms with Crippen LogP contribution in [0.5, 0.6) is 0 Å². The Labute approximate surface area is 154 Å². The SMILES string of the molecule is CC1(C)[C@H](/C=C(\Cl)C(F)(F)F)[C@@H]1C(=O)OCc1c(F)c(F)cc(F)c1Cl. The second kappa shape index (κ2) is 6.96. The summed E-state index contributed by atoms with van der Waals surface area (Å²) in [5, 5.41) is -2.12. The summed E-state index contributed by atoms with van der Waals surface area (Å²) >= 11 is 10.7. The molecule has 1 saturated carbocycles. The van der Waals surface area contributed by atoms with Crippen molar-refractivity contribution in [3.05, 3.63) is 45.2 Å². The van der Waals surface area contributed by atoms with Crippen molar-refractivity contribution in [1.82, 2.24) is 0 Å². The van der Waals surface area contributed by atoms with E-state index in [0.717, 1.165) is 0 Å². The molecule has 0 spiro atoms. The van der Waals surface area contributed by atoms with Gasteiger partial charge in [-0.25, -0.2) is 13.2 Å². The number of esters is 1. The van der Waals surface area contributed by atoms with Crippen LogP contribution in [0.1, 0.15) is 19.4 Å². The highest BCUT2D eigenvalue weighted by Crippen LogP contribution is 2.60. The number of alkyl halides is 3. The zero-order valence-electron chi connectivity index (χ0n) is 13.4. The Bertz CT molecular complexity index is 747. The smallest absolute Gasteiger partial charge is 0.426 e. The van der Waals surface area contributed by atoms with Crippen LogP contribution in [0.15, 0.2) is 17.2 Å². The van der Waals surface area contributed by atoms with Crippen molar-refractivity contribution < 1.29 is 35.9 Å². The number of hydrogen-bond acceptors (Lipinski definition) is 2. The topological polar surface area (TPSA) is 26.3 Å². The van der Waals surface area contributed by atoms with Gasteiger partial charge in [0.2, 0.25) is 0 Å². The van der Waals surface area contributed by atoms with Crippen LogP contribution in [0.25, 0.3) is 0 Å². The predicted molar refractivity (Wildman–Crippen MR) is 81.9 cm³/mol. The number of halogens is 8. The molecule has 10 heteroatoms. The minimum Gasteiger partial charge on any atom is -0.460 e. The van der Waals surface area contributed by atoms with Gasteiger partial charge < -0.3 is 4.74 Å². The van der Waals surface area contributed by atoms with Crippen LogP contribution in [0.4, 0.5) is 26.3 Å². The lowest BCUT2D eigenvalue weighted by atomic mass is 10.1. The molecule has 0 bridgehead atoms. The molecule has 0 heterocycles. The Morgan fingerprint density at radius 1 is 1.27 bits per heavy atom. The first-order valence-electron chi connectivity index (χ1n) is 7.21. The van der Waals surface area contributed by atoms with Gasteiger partial charge in [-0.2, -0.15) is 13.2 Å². The van der Waals surface area contributed by atoms with Crippen molar-refractivity contribution in [2.45, 2.75) is 26.6 Å². The van der Waals surface area contributed by atoms with Gasteiger partial charge in [-0.05, 0) is 11.3 Å². The third kappa shape index (κ3) is 3.96. The minimum atomic E-state index is -4.75. The molecule has 2 atom stereocenters. The molecule has 26 heavy (non-hydrogen) atoms. The maximum atomic E-state index is 13.7. The highest BCUT2D eigenvalue weighted by molar-refractivity contribution is 6.31. The minimum absolute atomic E-state index is 0.243. The van der Waals surface area contributed by atoms with Gasteiger partial charge in [0, 0.05) is 11.6 Å². The van der Waals surface area contributed by atoms with Crippen molar-refractivity contribution in [2.24, 2.45) is 17.3 Å². The van der Waals surface area contributed by atoms with Crippen LogP contribution in [-0.2, 0) is 16.1 Å². The maximum absolute atomic E-state index is 13.7. The van der Waals surface area contributed by atoms with Crippen LogP contribution in [-0.4, -0.2) is 12.1 Å². The Morgan fingerprint density at radius 2 is 1.85 bits per heavy atom. The lowest BCUT2D eigenvalue weighted by Gasteiger charge is -2.09. The molecule has 1 aromatic carbocycles. The number of ether oxygens (including phenoxy) is 1. The van der Waals surface area contributed by atoms with Gasteiger partial charge >= 0.3 is 12.1 Å². The zero-order chi connectivity index (χ0) is 20.0. The summed E-state index contributed by atoms with van der Waals surface area (Å²) < 4.78 is 82.6. The number of benzene rings is 1. The largest absolute Gasteiger partial charge is 0.460 e. The summed E-state index contributed by atoms with van der Waals surface area (Å²) in [7, 11) is 0. The summed E-state index contributed by atoms with van der Waals surface area (Å²) in [5.74, 6) is -7.00. The van der Waals surface area contributed by atoms with Crippen molar-refractivity contribution in [3.8, 4) is 0 Å². The van der Waals surface area contributed by atoms with Crippen LogP contribution in [0.2, 0.25) is 5.02 Å². The molecule has 0 unspecified atom stereocenters. The van der Waals surface area contributed by atoms with Crippen LogP contribution < -0.4 is 0 Å². The summed E-state index contributed by atoms with van der Waals surface area (Å²) in [6.45, 7) is 2.18. The van der Waals surface area contributed by atoms with E-state index in [1.807, 2.05) is 0 Å². The molecule has 1 aliphatic rings. The quantitative estimate of drug-likeness (QED) is 0.351. The van der Waals surface area contributed by atoms with E-state index in [1.54, 1.807) is 0 Å². The van der Waals surface area contributed by atoms with E-state index in [0.29, 0.717) is 6.08 Å². The fraction of sp³-hybridized carbons (Fsp3) is 0.438. The molecule has 0 radical (unpaired) electrons. The normalized spacial score (nSPS) is 22.3. The number of carbonyl (C=O) groups is 1.